The van der Waals surface area contributed by atoms with Gasteiger partial charge in [0, 0.05) is 27.2 Å². The van der Waals surface area contributed by atoms with Crippen LogP contribution in [0.5, 0.6) is 0 Å². The Morgan fingerprint density at radius 1 is 0.519 bits per heavy atom. The van der Waals surface area contributed by atoms with Crippen LogP contribution in [0, 0.1) is 0 Å². The van der Waals surface area contributed by atoms with Crippen molar-refractivity contribution in [3.8, 4) is 11.1 Å². The summed E-state index contributed by atoms with van der Waals surface area (Å²) in [6, 6.07) is 35.3. The average Bonchev–Trinajstić information content (AvgIpc) is 2.72. The fourth-order valence-electron chi connectivity index (χ4n) is 3.09. The Morgan fingerprint density at radius 2 is 0.963 bits per heavy atom. The fourth-order valence-corrected chi connectivity index (χ4v) is 3.36. The van der Waals surface area contributed by atoms with Crippen molar-refractivity contribution in [2.75, 3.05) is 10.6 Å². The molecule has 0 aliphatic rings. The third-order valence-electron chi connectivity index (χ3n) is 4.47. The monoisotopic (exact) mass is 414 g/mol. The molecule has 0 heterocycles. The van der Waals surface area contributed by atoms with Crippen molar-refractivity contribution in [1.29, 1.82) is 0 Å². The second kappa shape index (κ2) is 7.68. The summed E-state index contributed by atoms with van der Waals surface area (Å²) in [7, 11) is 0. The van der Waals surface area contributed by atoms with Crippen molar-refractivity contribution in [3.63, 3.8) is 0 Å². The van der Waals surface area contributed by atoms with Crippen LogP contribution in [-0.4, -0.2) is 0 Å². The number of halogens is 1. The predicted molar refractivity (Wildman–Crippen MR) is 119 cm³/mol. The van der Waals surface area contributed by atoms with Crippen molar-refractivity contribution in [1.82, 2.24) is 0 Å². The van der Waals surface area contributed by atoms with Gasteiger partial charge in [-0.1, -0.05) is 58.4 Å². The molecule has 0 aliphatic heterocycles. The molecular formula is C24H19BrN2. The minimum absolute atomic E-state index is 0.779. The van der Waals surface area contributed by atoms with E-state index in [4.69, 9.17) is 5.73 Å². The molecule has 3 heteroatoms. The van der Waals surface area contributed by atoms with E-state index in [9.17, 15) is 0 Å². The smallest absolute Gasteiger partial charge is 0.0462 e. The zero-order valence-electron chi connectivity index (χ0n) is 14.7. The lowest BCUT2D eigenvalue weighted by atomic mass is 10.0. The van der Waals surface area contributed by atoms with E-state index in [-0.39, 0.29) is 0 Å². The summed E-state index contributed by atoms with van der Waals surface area (Å²) in [5.41, 5.74) is 12.3. The molecule has 0 saturated carbocycles. The van der Waals surface area contributed by atoms with E-state index >= 15 is 0 Å². The van der Waals surface area contributed by atoms with Gasteiger partial charge in [-0.3, -0.25) is 0 Å². The number of benzene rings is 4. The molecule has 27 heavy (non-hydrogen) atoms. The normalized spacial score (nSPS) is 10.6. The lowest BCUT2D eigenvalue weighted by molar-refractivity contribution is 1.28. The number of hydrogen-bond donors (Lipinski definition) is 1. The highest BCUT2D eigenvalue weighted by Crippen LogP contribution is 2.35. The molecule has 0 aromatic heterocycles. The average molecular weight is 415 g/mol. The first-order chi connectivity index (χ1) is 13.2. The first-order valence-corrected chi connectivity index (χ1v) is 9.57. The van der Waals surface area contributed by atoms with E-state index in [0.29, 0.717) is 0 Å². The predicted octanol–water partition coefficient (Wildman–Crippen LogP) is 7.17. The summed E-state index contributed by atoms with van der Waals surface area (Å²) < 4.78 is 1.07. The molecule has 0 bridgehead atoms. The SMILES string of the molecule is Nc1ccc(-c2ccc(N(c3ccccc3)c3ccc(Br)cc3)cc2)cc1. The van der Waals surface area contributed by atoms with Gasteiger partial charge in [0.2, 0.25) is 0 Å². The highest BCUT2D eigenvalue weighted by molar-refractivity contribution is 9.10. The van der Waals surface area contributed by atoms with Gasteiger partial charge in [0.15, 0.2) is 0 Å². The minimum Gasteiger partial charge on any atom is -0.399 e. The lowest BCUT2D eigenvalue weighted by Crippen LogP contribution is -2.09. The van der Waals surface area contributed by atoms with Crippen LogP contribution in [0.1, 0.15) is 0 Å². The van der Waals surface area contributed by atoms with Crippen LogP contribution >= 0.6 is 15.9 Å². The molecule has 4 rings (SSSR count). The molecule has 132 valence electrons. The molecule has 2 nitrogen and oxygen atoms in total. The molecule has 0 radical (unpaired) electrons. The topological polar surface area (TPSA) is 29.3 Å². The number of hydrogen-bond acceptors (Lipinski definition) is 2. The Morgan fingerprint density at radius 3 is 1.52 bits per heavy atom. The maximum Gasteiger partial charge on any atom is 0.0462 e. The second-order valence-electron chi connectivity index (χ2n) is 6.32. The third-order valence-corrected chi connectivity index (χ3v) is 5.00. The first-order valence-electron chi connectivity index (χ1n) is 8.77. The molecule has 0 fully saturated rings. The van der Waals surface area contributed by atoms with Gasteiger partial charge in [0.1, 0.15) is 0 Å². The number of para-hydroxylation sites is 1. The molecule has 0 unspecified atom stereocenters. The molecule has 0 saturated heterocycles. The van der Waals surface area contributed by atoms with Crippen LogP contribution < -0.4 is 10.6 Å². The fraction of sp³-hybridized carbons (Fsp3) is 0. The van der Waals surface area contributed by atoms with Gasteiger partial charge < -0.3 is 10.6 Å². The van der Waals surface area contributed by atoms with Crippen LogP contribution in [-0.2, 0) is 0 Å². The number of nitrogen functional groups attached to an aromatic ring is 1. The van der Waals surface area contributed by atoms with Gasteiger partial charge in [0.25, 0.3) is 0 Å². The van der Waals surface area contributed by atoms with Crippen LogP contribution in [0.4, 0.5) is 22.7 Å². The molecule has 0 amide bonds. The minimum atomic E-state index is 0.779. The summed E-state index contributed by atoms with van der Waals surface area (Å²) in [5, 5.41) is 0. The zero-order valence-corrected chi connectivity index (χ0v) is 16.3. The van der Waals surface area contributed by atoms with Crippen molar-refractivity contribution < 1.29 is 0 Å². The van der Waals surface area contributed by atoms with Gasteiger partial charge in [-0.2, -0.15) is 0 Å². The summed E-state index contributed by atoms with van der Waals surface area (Å²) in [6.45, 7) is 0. The highest BCUT2D eigenvalue weighted by atomic mass is 79.9. The number of nitrogens with two attached hydrogens (primary N) is 1. The van der Waals surface area contributed by atoms with Crippen molar-refractivity contribution >= 4 is 38.7 Å². The lowest BCUT2D eigenvalue weighted by Gasteiger charge is -2.25. The molecular weight excluding hydrogens is 396 g/mol. The Labute approximate surface area is 168 Å². The van der Waals surface area contributed by atoms with Gasteiger partial charge in [-0.25, -0.2) is 0 Å². The molecule has 0 spiro atoms. The van der Waals surface area contributed by atoms with Gasteiger partial charge in [-0.05, 0) is 71.8 Å². The summed E-state index contributed by atoms with van der Waals surface area (Å²) in [5.74, 6) is 0. The number of anilines is 4. The third kappa shape index (κ3) is 3.88. The number of rotatable bonds is 4. The second-order valence-corrected chi connectivity index (χ2v) is 7.23. The molecule has 2 N–H and O–H groups in total. The van der Waals surface area contributed by atoms with E-state index in [1.165, 1.54) is 5.56 Å². The molecule has 0 atom stereocenters. The first kappa shape index (κ1) is 17.4. The summed E-state index contributed by atoms with van der Waals surface area (Å²) in [4.78, 5) is 2.25. The van der Waals surface area contributed by atoms with Gasteiger partial charge in [0.05, 0.1) is 0 Å². The molecule has 4 aromatic rings. The van der Waals surface area contributed by atoms with Crippen molar-refractivity contribution in [2.45, 2.75) is 0 Å². The Kier molecular flexibility index (Phi) is 4.95. The summed E-state index contributed by atoms with van der Waals surface area (Å²) in [6.07, 6.45) is 0. The Bertz CT molecular complexity index is 1010. The van der Waals surface area contributed by atoms with E-state index in [2.05, 4.69) is 93.6 Å². The number of nitrogens with zero attached hydrogens (tertiary/aromatic N) is 1. The standard InChI is InChI=1S/C24H19BrN2/c25-20-10-16-24(17-11-20)27(22-4-2-1-3-5-22)23-14-8-19(9-15-23)18-6-12-21(26)13-7-18/h1-17H,26H2. The zero-order chi connectivity index (χ0) is 18.6. The maximum atomic E-state index is 5.80. The van der Waals surface area contributed by atoms with Gasteiger partial charge >= 0.3 is 0 Å². The van der Waals surface area contributed by atoms with Crippen molar-refractivity contribution in [2.24, 2.45) is 0 Å². The quantitative estimate of drug-likeness (QED) is 0.358. The molecule has 0 aliphatic carbocycles. The highest BCUT2D eigenvalue weighted by Gasteiger charge is 2.12. The van der Waals surface area contributed by atoms with Crippen LogP contribution in [0.25, 0.3) is 11.1 Å². The van der Waals surface area contributed by atoms with E-state index < -0.39 is 0 Å². The van der Waals surface area contributed by atoms with Gasteiger partial charge in [-0.15, -0.1) is 0 Å². The largest absolute Gasteiger partial charge is 0.399 e. The van der Waals surface area contributed by atoms with E-state index in [0.717, 1.165) is 32.8 Å². The van der Waals surface area contributed by atoms with Crippen LogP contribution in [0.15, 0.2) is 108 Å². The van der Waals surface area contributed by atoms with Crippen molar-refractivity contribution in [3.05, 3.63) is 108 Å². The summed E-state index contributed by atoms with van der Waals surface area (Å²) >= 11 is 3.52. The van der Waals surface area contributed by atoms with E-state index in [1.807, 2.05) is 30.3 Å². The van der Waals surface area contributed by atoms with E-state index in [1.54, 1.807) is 0 Å². The Balaban J connectivity index is 1.74. The molecule has 4 aromatic carbocycles. The van der Waals surface area contributed by atoms with Crippen LogP contribution in [0.2, 0.25) is 0 Å². The van der Waals surface area contributed by atoms with Crippen LogP contribution in [0.3, 0.4) is 0 Å². The Hall–Kier alpha value is -3.04. The maximum absolute atomic E-state index is 5.80.